The van der Waals surface area contributed by atoms with Gasteiger partial charge in [0.25, 0.3) is 0 Å². The zero-order valence-electron chi connectivity index (χ0n) is 6.60. The minimum Gasteiger partial charge on any atom is -0.400 e. The number of halogens is 1. The second kappa shape index (κ2) is 7.97. The third-order valence-electron chi connectivity index (χ3n) is 1.35. The maximum atomic E-state index is 5.16. The Labute approximate surface area is 78.3 Å². The van der Waals surface area contributed by atoms with Crippen LogP contribution < -0.4 is 0 Å². The van der Waals surface area contributed by atoms with Gasteiger partial charge in [0.05, 0.1) is 0 Å². The molecule has 0 N–H and O–H groups in total. The first-order valence-corrected chi connectivity index (χ1v) is 6.75. The van der Waals surface area contributed by atoms with E-state index < -0.39 is 9.28 Å². The summed E-state index contributed by atoms with van der Waals surface area (Å²) in [5.74, 6) is 0. The number of unbranched alkanes of at least 4 members (excludes halogenated alkanes) is 1. The Hall–Kier alpha value is 0.867. The third kappa shape index (κ3) is 5.64. The molecule has 0 bridgehead atoms. The van der Waals surface area contributed by atoms with Crippen LogP contribution in [0.5, 0.6) is 0 Å². The van der Waals surface area contributed by atoms with Gasteiger partial charge in [-0.25, -0.2) is 0 Å². The highest BCUT2D eigenvalue weighted by Gasteiger charge is 2.07. The van der Waals surface area contributed by atoms with Crippen molar-refractivity contribution in [3.8, 4) is 0 Å². The van der Waals surface area contributed by atoms with Crippen molar-refractivity contribution < 1.29 is 8.85 Å². The Morgan fingerprint density at radius 1 is 1.20 bits per heavy atom. The Bertz CT molecular complexity index is 68.8. The highest BCUT2D eigenvalue weighted by molar-refractivity contribution is 14.1. The van der Waals surface area contributed by atoms with Crippen molar-refractivity contribution in [2.75, 3.05) is 18.6 Å². The van der Waals surface area contributed by atoms with Gasteiger partial charge in [0.2, 0.25) is 0 Å². The molecule has 2 nitrogen and oxygen atoms in total. The van der Waals surface area contributed by atoms with Crippen molar-refractivity contribution in [1.82, 2.24) is 0 Å². The molecule has 0 amide bonds. The molecule has 0 saturated heterocycles. The molecule has 0 aliphatic heterocycles. The smallest absolute Gasteiger partial charge is 0.320 e. The first-order valence-electron chi connectivity index (χ1n) is 3.46. The first-order chi connectivity index (χ1) is 4.85. The summed E-state index contributed by atoms with van der Waals surface area (Å²) in [6, 6.07) is 1.15. The van der Waals surface area contributed by atoms with Gasteiger partial charge >= 0.3 is 9.28 Å². The van der Waals surface area contributed by atoms with E-state index in [0.717, 1.165) is 6.04 Å². The molecule has 62 valence electrons. The summed E-state index contributed by atoms with van der Waals surface area (Å²) in [5, 5.41) is 0. The van der Waals surface area contributed by atoms with Crippen LogP contribution in [-0.4, -0.2) is 27.9 Å². The first kappa shape index (κ1) is 10.9. The Balaban J connectivity index is 3.09. The molecule has 0 aromatic heterocycles. The van der Waals surface area contributed by atoms with E-state index in [1.165, 1.54) is 17.3 Å². The molecule has 0 spiro atoms. The SMILES string of the molecule is CO[SiH](CCCCI)OC. The van der Waals surface area contributed by atoms with Gasteiger partial charge in [-0.15, -0.1) is 0 Å². The van der Waals surface area contributed by atoms with E-state index in [0.29, 0.717) is 0 Å². The van der Waals surface area contributed by atoms with Gasteiger partial charge in [0.15, 0.2) is 0 Å². The standard InChI is InChI=1S/C6H15IO2Si/c1-8-10(9-2)6-4-3-5-7/h10H,3-6H2,1-2H3. The molecule has 4 heteroatoms. The number of alkyl halides is 1. The van der Waals surface area contributed by atoms with E-state index >= 15 is 0 Å². The summed E-state index contributed by atoms with van der Waals surface area (Å²) in [5.41, 5.74) is 0. The van der Waals surface area contributed by atoms with Gasteiger partial charge < -0.3 is 8.85 Å². The van der Waals surface area contributed by atoms with Crippen molar-refractivity contribution in [3.05, 3.63) is 0 Å². The lowest BCUT2D eigenvalue weighted by Crippen LogP contribution is -2.18. The van der Waals surface area contributed by atoms with E-state index in [4.69, 9.17) is 8.85 Å². The van der Waals surface area contributed by atoms with Crippen molar-refractivity contribution >= 4 is 31.9 Å². The van der Waals surface area contributed by atoms with Crippen LogP contribution >= 0.6 is 22.6 Å². The third-order valence-corrected chi connectivity index (χ3v) is 4.04. The summed E-state index contributed by atoms with van der Waals surface area (Å²) >= 11 is 2.39. The molecule has 0 fully saturated rings. The highest BCUT2D eigenvalue weighted by Crippen LogP contribution is 2.04. The van der Waals surface area contributed by atoms with Crippen LogP contribution in [0.2, 0.25) is 6.04 Å². The molecular weight excluding hydrogens is 259 g/mol. The second-order valence-corrected chi connectivity index (χ2v) is 5.54. The number of rotatable bonds is 6. The van der Waals surface area contributed by atoms with E-state index in [1.54, 1.807) is 14.2 Å². The maximum Gasteiger partial charge on any atom is 0.320 e. The molecule has 0 aliphatic rings. The van der Waals surface area contributed by atoms with Crippen LogP contribution in [0, 0.1) is 0 Å². The van der Waals surface area contributed by atoms with E-state index in [2.05, 4.69) is 22.6 Å². The minimum absolute atomic E-state index is 1.15. The Kier molecular flexibility index (Phi) is 8.66. The Morgan fingerprint density at radius 2 is 1.80 bits per heavy atom. The van der Waals surface area contributed by atoms with Crippen LogP contribution in [0.25, 0.3) is 0 Å². The highest BCUT2D eigenvalue weighted by atomic mass is 127. The molecule has 0 aromatic carbocycles. The van der Waals surface area contributed by atoms with Crippen LogP contribution in [0.15, 0.2) is 0 Å². The lowest BCUT2D eigenvalue weighted by Gasteiger charge is -2.09. The van der Waals surface area contributed by atoms with Gasteiger partial charge in [-0.3, -0.25) is 0 Å². The fraction of sp³-hybridized carbons (Fsp3) is 1.00. The molecule has 10 heavy (non-hydrogen) atoms. The van der Waals surface area contributed by atoms with Crippen molar-refractivity contribution in [2.45, 2.75) is 18.9 Å². The van der Waals surface area contributed by atoms with Crippen LogP contribution in [0.4, 0.5) is 0 Å². The lowest BCUT2D eigenvalue weighted by molar-refractivity contribution is 0.276. The van der Waals surface area contributed by atoms with Crippen LogP contribution in [-0.2, 0) is 8.85 Å². The van der Waals surface area contributed by atoms with Crippen molar-refractivity contribution in [1.29, 1.82) is 0 Å². The molecule has 0 heterocycles. The summed E-state index contributed by atoms with van der Waals surface area (Å²) in [7, 11) is 2.25. The lowest BCUT2D eigenvalue weighted by atomic mass is 10.4. The molecule has 0 saturated carbocycles. The van der Waals surface area contributed by atoms with Gasteiger partial charge in [-0.1, -0.05) is 29.0 Å². The minimum atomic E-state index is -1.23. The average Bonchev–Trinajstić information content (AvgIpc) is 1.99. The molecule has 0 rings (SSSR count). The average molecular weight is 274 g/mol. The normalized spacial score (nSPS) is 10.8. The fourth-order valence-electron chi connectivity index (χ4n) is 0.737. The van der Waals surface area contributed by atoms with Gasteiger partial charge in [-0.05, 0) is 16.9 Å². The predicted molar refractivity (Wildman–Crippen MR) is 54.1 cm³/mol. The quantitative estimate of drug-likeness (QED) is 0.318. The molecule has 0 radical (unpaired) electrons. The van der Waals surface area contributed by atoms with Crippen LogP contribution in [0.3, 0.4) is 0 Å². The zero-order valence-corrected chi connectivity index (χ0v) is 9.91. The van der Waals surface area contributed by atoms with Gasteiger partial charge in [0, 0.05) is 14.2 Å². The van der Waals surface area contributed by atoms with Crippen LogP contribution in [0.1, 0.15) is 12.8 Å². The second-order valence-electron chi connectivity index (χ2n) is 2.09. The summed E-state index contributed by atoms with van der Waals surface area (Å²) in [6.07, 6.45) is 2.54. The number of hydrogen-bond acceptors (Lipinski definition) is 2. The van der Waals surface area contributed by atoms with E-state index in [-0.39, 0.29) is 0 Å². The molecule has 0 atom stereocenters. The molecule has 0 unspecified atom stereocenters. The van der Waals surface area contributed by atoms with E-state index in [1.807, 2.05) is 0 Å². The number of hydrogen-bond donors (Lipinski definition) is 0. The summed E-state index contributed by atoms with van der Waals surface area (Å²) < 4.78 is 11.6. The van der Waals surface area contributed by atoms with Crippen molar-refractivity contribution in [2.24, 2.45) is 0 Å². The van der Waals surface area contributed by atoms with Gasteiger partial charge in [-0.2, -0.15) is 0 Å². The van der Waals surface area contributed by atoms with Crippen molar-refractivity contribution in [3.63, 3.8) is 0 Å². The molecular formula is C6H15IO2Si. The topological polar surface area (TPSA) is 18.5 Å². The van der Waals surface area contributed by atoms with Gasteiger partial charge in [0.1, 0.15) is 0 Å². The molecule has 0 aliphatic carbocycles. The summed E-state index contributed by atoms with van der Waals surface area (Å²) in [4.78, 5) is 0. The maximum absolute atomic E-state index is 5.16. The predicted octanol–water partition coefficient (Wildman–Crippen LogP) is 1.71. The molecule has 0 aromatic rings. The monoisotopic (exact) mass is 274 g/mol. The van der Waals surface area contributed by atoms with E-state index in [9.17, 15) is 0 Å². The zero-order chi connectivity index (χ0) is 7.82. The largest absolute Gasteiger partial charge is 0.400 e. The summed E-state index contributed by atoms with van der Waals surface area (Å²) in [6.45, 7) is 0. The Morgan fingerprint density at radius 3 is 2.20 bits per heavy atom. The fourth-order valence-corrected chi connectivity index (χ4v) is 2.56.